The number of para-hydroxylation sites is 4. The number of hydrogen-bond acceptors (Lipinski definition) is 2. The molecule has 0 aliphatic heterocycles. The Bertz CT molecular complexity index is 3420. The van der Waals surface area contributed by atoms with Gasteiger partial charge in [0.1, 0.15) is 0 Å². The van der Waals surface area contributed by atoms with Gasteiger partial charge in [-0.15, -0.1) is 0 Å². The third-order valence-corrected chi connectivity index (χ3v) is 11.0. The van der Waals surface area contributed by atoms with Crippen molar-refractivity contribution in [3.63, 3.8) is 0 Å². The number of fused-ring (bicyclic) bond motifs is 9. The van der Waals surface area contributed by atoms with Crippen LogP contribution in [0.25, 0.3) is 93.6 Å². The highest BCUT2D eigenvalue weighted by Crippen LogP contribution is 2.39. The summed E-state index contributed by atoms with van der Waals surface area (Å²) in [5.74, 6) is 0. The molecule has 8 aromatic carbocycles. The minimum atomic E-state index is 0.597. The van der Waals surface area contributed by atoms with Crippen molar-refractivity contribution in [2.45, 2.75) is 0 Å². The fourth-order valence-electron chi connectivity index (χ4n) is 8.70. The summed E-state index contributed by atoms with van der Waals surface area (Å²) in [6.07, 6.45) is 0. The number of nitrogens with zero attached hydrogens (tertiary/aromatic N) is 5. The molecule has 254 valence electrons. The molecular weight excluding hydrogens is 671 g/mol. The van der Waals surface area contributed by atoms with Crippen LogP contribution in [-0.2, 0) is 0 Å². The topological polar surface area (TPSA) is 62.4 Å². The molecule has 5 heteroatoms. The quantitative estimate of drug-likeness (QED) is 0.184. The molecule has 11 rings (SSSR count). The molecule has 0 aliphatic rings. The molecule has 3 heterocycles. The van der Waals surface area contributed by atoms with Crippen molar-refractivity contribution >= 4 is 65.4 Å². The molecule has 0 atom stereocenters. The van der Waals surface area contributed by atoms with E-state index in [9.17, 15) is 10.5 Å². The van der Waals surface area contributed by atoms with Crippen molar-refractivity contribution in [3.8, 4) is 40.3 Å². The van der Waals surface area contributed by atoms with Gasteiger partial charge in [-0.05, 0) is 102 Å². The van der Waals surface area contributed by atoms with E-state index in [4.69, 9.17) is 0 Å². The highest BCUT2D eigenvalue weighted by Gasteiger charge is 2.18. The van der Waals surface area contributed by atoms with Crippen LogP contribution in [0.1, 0.15) is 11.1 Å². The number of rotatable bonds is 4. The average molecular weight is 700 g/mol. The van der Waals surface area contributed by atoms with Gasteiger partial charge in [0.05, 0.1) is 56.4 Å². The number of hydrogen-bond donors (Lipinski definition) is 0. The normalized spacial score (nSPS) is 11.6. The van der Waals surface area contributed by atoms with Crippen molar-refractivity contribution < 1.29 is 0 Å². The maximum absolute atomic E-state index is 10.4. The predicted octanol–water partition coefficient (Wildman–Crippen LogP) is 12.4. The van der Waals surface area contributed by atoms with Gasteiger partial charge in [0.15, 0.2) is 0 Å². The zero-order chi connectivity index (χ0) is 36.6. The van der Waals surface area contributed by atoms with E-state index in [-0.39, 0.29) is 0 Å². The third kappa shape index (κ3) is 4.58. The second-order valence-electron chi connectivity index (χ2n) is 14.1. The minimum absolute atomic E-state index is 0.597. The van der Waals surface area contributed by atoms with Crippen LogP contribution in [0, 0.1) is 22.7 Å². The van der Waals surface area contributed by atoms with E-state index in [0.717, 1.165) is 82.8 Å². The first-order valence-corrected chi connectivity index (χ1v) is 18.3. The summed E-state index contributed by atoms with van der Waals surface area (Å²) in [7, 11) is 0. The number of benzene rings is 8. The van der Waals surface area contributed by atoms with Gasteiger partial charge in [0.2, 0.25) is 0 Å². The molecule has 11 aromatic rings. The first-order valence-electron chi connectivity index (χ1n) is 18.3. The van der Waals surface area contributed by atoms with Crippen molar-refractivity contribution in [1.29, 1.82) is 10.5 Å². The molecule has 0 radical (unpaired) electrons. The standard InChI is InChI=1S/C50H29N5/c51-30-32-20-22-49-43(26-32)41-14-3-7-18-47(41)54(49)37-21-23-50-44(29-37)42-15-4-8-19-48(42)55(50)38-25-33(31-52)24-35(28-38)34-10-9-11-36(27-34)53-45-16-5-1-12-39(45)40-13-2-6-17-46(40)53/h1-29H. The average Bonchev–Trinajstić information content (AvgIpc) is 3.89. The fourth-order valence-corrected chi connectivity index (χ4v) is 8.70. The van der Waals surface area contributed by atoms with Gasteiger partial charge in [-0.2, -0.15) is 10.5 Å². The van der Waals surface area contributed by atoms with Crippen LogP contribution in [0.3, 0.4) is 0 Å². The summed E-state index contributed by atoms with van der Waals surface area (Å²) in [6.45, 7) is 0. The van der Waals surface area contributed by atoms with Crippen molar-refractivity contribution in [2.75, 3.05) is 0 Å². The molecule has 0 spiro atoms. The molecule has 5 nitrogen and oxygen atoms in total. The van der Waals surface area contributed by atoms with Crippen molar-refractivity contribution in [1.82, 2.24) is 13.7 Å². The van der Waals surface area contributed by atoms with E-state index < -0.39 is 0 Å². The zero-order valence-corrected chi connectivity index (χ0v) is 29.5. The summed E-state index contributed by atoms with van der Waals surface area (Å²) < 4.78 is 6.89. The molecule has 0 saturated carbocycles. The monoisotopic (exact) mass is 699 g/mol. The van der Waals surface area contributed by atoms with Gasteiger partial charge in [-0.3, -0.25) is 0 Å². The van der Waals surface area contributed by atoms with E-state index in [0.29, 0.717) is 11.1 Å². The maximum Gasteiger partial charge on any atom is 0.0992 e. The second kappa shape index (κ2) is 11.8. The van der Waals surface area contributed by atoms with Gasteiger partial charge >= 0.3 is 0 Å². The van der Waals surface area contributed by atoms with Crippen LogP contribution in [0.4, 0.5) is 0 Å². The van der Waals surface area contributed by atoms with Gasteiger partial charge in [-0.1, -0.05) is 84.9 Å². The number of aromatic nitrogens is 3. The Morgan fingerprint density at radius 1 is 0.291 bits per heavy atom. The van der Waals surface area contributed by atoms with Crippen molar-refractivity contribution in [3.05, 3.63) is 187 Å². The Morgan fingerprint density at radius 2 is 0.745 bits per heavy atom. The van der Waals surface area contributed by atoms with Crippen LogP contribution in [0.5, 0.6) is 0 Å². The third-order valence-electron chi connectivity index (χ3n) is 11.0. The molecule has 0 saturated heterocycles. The Kier molecular flexibility index (Phi) is 6.61. The summed E-state index contributed by atoms with van der Waals surface area (Å²) in [5.41, 5.74) is 12.9. The van der Waals surface area contributed by atoms with Crippen LogP contribution >= 0.6 is 0 Å². The lowest BCUT2D eigenvalue weighted by Crippen LogP contribution is -1.98. The molecule has 3 aromatic heterocycles. The van der Waals surface area contributed by atoms with E-state index in [1.165, 1.54) is 10.8 Å². The van der Waals surface area contributed by atoms with E-state index in [1.807, 2.05) is 36.4 Å². The predicted molar refractivity (Wildman–Crippen MR) is 224 cm³/mol. The lowest BCUT2D eigenvalue weighted by molar-refractivity contribution is 1.16. The van der Waals surface area contributed by atoms with Crippen LogP contribution in [0.15, 0.2) is 176 Å². The maximum atomic E-state index is 10.4. The smallest absolute Gasteiger partial charge is 0.0992 e. The van der Waals surface area contributed by atoms with E-state index in [2.05, 4.69) is 165 Å². The minimum Gasteiger partial charge on any atom is -0.309 e. The molecule has 0 N–H and O–H groups in total. The van der Waals surface area contributed by atoms with Crippen LogP contribution in [-0.4, -0.2) is 13.7 Å². The summed E-state index contributed by atoms with van der Waals surface area (Å²) in [6, 6.07) is 66.0. The molecular formula is C50H29N5. The lowest BCUT2D eigenvalue weighted by Gasteiger charge is -2.14. The van der Waals surface area contributed by atoms with Gasteiger partial charge in [-0.25, -0.2) is 0 Å². The first kappa shape index (κ1) is 30.7. The highest BCUT2D eigenvalue weighted by molar-refractivity contribution is 6.13. The molecule has 0 fully saturated rings. The first-order chi connectivity index (χ1) is 27.2. The molecule has 0 unspecified atom stereocenters. The largest absolute Gasteiger partial charge is 0.309 e. The Labute approximate surface area is 316 Å². The summed E-state index contributed by atoms with van der Waals surface area (Å²) >= 11 is 0. The Hall–Kier alpha value is -7.86. The molecule has 0 bridgehead atoms. The molecule has 55 heavy (non-hydrogen) atoms. The van der Waals surface area contributed by atoms with Crippen molar-refractivity contribution in [2.24, 2.45) is 0 Å². The van der Waals surface area contributed by atoms with Crippen LogP contribution < -0.4 is 0 Å². The van der Waals surface area contributed by atoms with E-state index in [1.54, 1.807) is 0 Å². The van der Waals surface area contributed by atoms with Gasteiger partial charge < -0.3 is 13.7 Å². The van der Waals surface area contributed by atoms with Gasteiger partial charge in [0, 0.05) is 49.4 Å². The fraction of sp³-hybridized carbons (Fsp3) is 0. The zero-order valence-electron chi connectivity index (χ0n) is 29.5. The highest BCUT2D eigenvalue weighted by atomic mass is 15.0. The second-order valence-corrected chi connectivity index (χ2v) is 14.1. The number of nitriles is 2. The van der Waals surface area contributed by atoms with Gasteiger partial charge in [0.25, 0.3) is 0 Å². The Balaban J connectivity index is 1.10. The molecule has 0 aliphatic carbocycles. The lowest BCUT2D eigenvalue weighted by atomic mass is 10.0. The van der Waals surface area contributed by atoms with Crippen LogP contribution in [0.2, 0.25) is 0 Å². The SMILES string of the molecule is N#Cc1cc(-c2cccc(-n3c4ccccc4c4ccccc43)c2)cc(-n2c3ccccc3c3cc(-n4c5ccccc5c5cc(C#N)ccc54)ccc32)c1. The Morgan fingerprint density at radius 3 is 1.33 bits per heavy atom. The van der Waals surface area contributed by atoms with E-state index >= 15 is 0 Å². The summed E-state index contributed by atoms with van der Waals surface area (Å²) in [4.78, 5) is 0. The molecule has 0 amide bonds. The summed E-state index contributed by atoms with van der Waals surface area (Å²) in [5, 5.41) is 26.9.